The zero-order valence-corrected chi connectivity index (χ0v) is 14.4. The van der Waals surface area contributed by atoms with Gasteiger partial charge in [-0.2, -0.15) is 0 Å². The molecule has 0 aliphatic carbocycles. The highest BCUT2D eigenvalue weighted by Crippen LogP contribution is 2.21. The maximum Gasteiger partial charge on any atom is 0.333 e. The summed E-state index contributed by atoms with van der Waals surface area (Å²) in [5, 5.41) is 10.2. The van der Waals surface area contributed by atoms with E-state index in [0.717, 1.165) is 12.8 Å². The highest BCUT2D eigenvalue weighted by Gasteiger charge is 2.25. The van der Waals surface area contributed by atoms with Gasteiger partial charge in [-0.15, -0.1) is 0 Å². The van der Waals surface area contributed by atoms with Crippen molar-refractivity contribution < 1.29 is 24.2 Å². The van der Waals surface area contributed by atoms with E-state index >= 15 is 0 Å². The highest BCUT2D eigenvalue weighted by atomic mass is 16.5. The highest BCUT2D eigenvalue weighted by molar-refractivity contribution is 5.87. The first-order valence-corrected chi connectivity index (χ1v) is 8.02. The molecule has 0 amide bonds. The average molecular weight is 314 g/mol. The van der Waals surface area contributed by atoms with Gasteiger partial charge in [0.05, 0.1) is 12.7 Å². The van der Waals surface area contributed by atoms with Crippen molar-refractivity contribution in [1.29, 1.82) is 0 Å². The van der Waals surface area contributed by atoms with Crippen LogP contribution in [0.25, 0.3) is 0 Å². The van der Waals surface area contributed by atoms with Gasteiger partial charge in [0, 0.05) is 18.4 Å². The summed E-state index contributed by atoms with van der Waals surface area (Å²) in [6.07, 6.45) is 3.63. The quantitative estimate of drug-likeness (QED) is 0.496. The van der Waals surface area contributed by atoms with Crippen molar-refractivity contribution in [3.63, 3.8) is 0 Å². The summed E-state index contributed by atoms with van der Waals surface area (Å²) in [6.45, 7) is 9.10. The lowest BCUT2D eigenvalue weighted by molar-refractivity contribution is -0.151. The Morgan fingerprint density at radius 3 is 2.32 bits per heavy atom. The van der Waals surface area contributed by atoms with E-state index in [9.17, 15) is 14.7 Å². The lowest BCUT2D eigenvalue weighted by Gasteiger charge is -2.27. The van der Waals surface area contributed by atoms with Crippen molar-refractivity contribution in [3.05, 3.63) is 11.6 Å². The second-order valence-electron chi connectivity index (χ2n) is 5.55. The van der Waals surface area contributed by atoms with Gasteiger partial charge in [-0.25, -0.2) is 4.79 Å². The molecule has 0 unspecified atom stereocenters. The lowest BCUT2D eigenvalue weighted by Crippen LogP contribution is -2.32. The summed E-state index contributed by atoms with van der Waals surface area (Å²) in [4.78, 5) is 22.6. The van der Waals surface area contributed by atoms with Gasteiger partial charge >= 0.3 is 11.9 Å². The Kier molecular flexibility index (Phi) is 10.5. The largest absolute Gasteiger partial charge is 0.463 e. The van der Waals surface area contributed by atoms with Crippen LogP contribution in [0.15, 0.2) is 11.6 Å². The van der Waals surface area contributed by atoms with Crippen LogP contribution in [-0.2, 0) is 19.1 Å². The number of carbonyl (C=O) groups is 2. The number of hydrogen-bond acceptors (Lipinski definition) is 5. The zero-order valence-electron chi connectivity index (χ0n) is 14.4. The van der Waals surface area contributed by atoms with Crippen molar-refractivity contribution in [3.8, 4) is 0 Å². The van der Waals surface area contributed by atoms with E-state index in [4.69, 9.17) is 9.47 Å². The summed E-state index contributed by atoms with van der Waals surface area (Å²) >= 11 is 0. The van der Waals surface area contributed by atoms with E-state index in [0.29, 0.717) is 25.0 Å². The molecule has 0 bridgehead atoms. The van der Waals surface area contributed by atoms with Crippen LogP contribution in [0.5, 0.6) is 0 Å². The smallest absolute Gasteiger partial charge is 0.333 e. The molecule has 0 aromatic heterocycles. The SMILES string of the molecule is CCC[C@H](OC(C)=O)[C@H](C)[C@@H](O)CC/C=C(/C)C(=O)OCC. The third-order valence-corrected chi connectivity index (χ3v) is 3.59. The summed E-state index contributed by atoms with van der Waals surface area (Å²) in [6, 6.07) is 0. The molecule has 0 fully saturated rings. The molecule has 0 rings (SSSR count). The number of aliphatic hydroxyl groups excluding tert-OH is 1. The Hall–Kier alpha value is -1.36. The Balaban J connectivity index is 4.44. The fourth-order valence-corrected chi connectivity index (χ4v) is 2.24. The maximum atomic E-state index is 11.5. The molecule has 128 valence electrons. The van der Waals surface area contributed by atoms with Crippen LogP contribution in [0.1, 0.15) is 60.3 Å². The molecular weight excluding hydrogens is 284 g/mol. The third-order valence-electron chi connectivity index (χ3n) is 3.59. The van der Waals surface area contributed by atoms with E-state index in [1.165, 1.54) is 6.92 Å². The van der Waals surface area contributed by atoms with E-state index < -0.39 is 6.10 Å². The first kappa shape index (κ1) is 20.6. The Morgan fingerprint density at radius 2 is 1.82 bits per heavy atom. The third kappa shape index (κ3) is 8.17. The molecule has 0 radical (unpaired) electrons. The molecule has 5 heteroatoms. The van der Waals surface area contributed by atoms with Crippen LogP contribution in [0, 0.1) is 5.92 Å². The fraction of sp³-hybridized carbons (Fsp3) is 0.765. The summed E-state index contributed by atoms with van der Waals surface area (Å²) in [7, 11) is 0. The number of hydrogen-bond donors (Lipinski definition) is 1. The van der Waals surface area contributed by atoms with Gasteiger partial charge < -0.3 is 14.6 Å². The molecule has 5 nitrogen and oxygen atoms in total. The van der Waals surface area contributed by atoms with Gasteiger partial charge in [-0.05, 0) is 33.1 Å². The van der Waals surface area contributed by atoms with Crippen LogP contribution in [0.3, 0.4) is 0 Å². The van der Waals surface area contributed by atoms with Gasteiger partial charge in [0.2, 0.25) is 0 Å². The Bertz CT molecular complexity index is 375. The maximum absolute atomic E-state index is 11.5. The number of esters is 2. The van der Waals surface area contributed by atoms with E-state index in [2.05, 4.69) is 0 Å². The van der Waals surface area contributed by atoms with Crippen LogP contribution in [0.2, 0.25) is 0 Å². The molecule has 0 aromatic carbocycles. The molecule has 0 aliphatic rings. The van der Waals surface area contributed by atoms with Crippen molar-refractivity contribution in [2.24, 2.45) is 5.92 Å². The van der Waals surface area contributed by atoms with Crippen molar-refractivity contribution in [1.82, 2.24) is 0 Å². The topological polar surface area (TPSA) is 72.8 Å². The minimum Gasteiger partial charge on any atom is -0.463 e. The second kappa shape index (κ2) is 11.2. The monoisotopic (exact) mass is 314 g/mol. The van der Waals surface area contributed by atoms with E-state index in [1.807, 2.05) is 13.8 Å². The van der Waals surface area contributed by atoms with Crippen molar-refractivity contribution in [2.45, 2.75) is 72.5 Å². The normalized spacial score (nSPS) is 15.8. The Morgan fingerprint density at radius 1 is 1.18 bits per heavy atom. The molecule has 0 saturated heterocycles. The summed E-state index contributed by atoms with van der Waals surface area (Å²) in [5.41, 5.74) is 0.548. The number of aliphatic hydroxyl groups is 1. The molecule has 0 spiro atoms. The molecular formula is C17H30O5. The predicted molar refractivity (Wildman–Crippen MR) is 85.3 cm³/mol. The van der Waals surface area contributed by atoms with E-state index in [1.54, 1.807) is 19.9 Å². The van der Waals surface area contributed by atoms with Gasteiger partial charge in [0.1, 0.15) is 6.10 Å². The summed E-state index contributed by atoms with van der Waals surface area (Å²) < 4.78 is 10.2. The average Bonchev–Trinajstić information content (AvgIpc) is 2.45. The molecule has 0 saturated carbocycles. The molecule has 0 heterocycles. The van der Waals surface area contributed by atoms with Crippen LogP contribution < -0.4 is 0 Å². The van der Waals surface area contributed by atoms with Crippen molar-refractivity contribution >= 4 is 11.9 Å². The van der Waals surface area contributed by atoms with Crippen LogP contribution >= 0.6 is 0 Å². The van der Waals surface area contributed by atoms with Gasteiger partial charge in [-0.3, -0.25) is 4.79 Å². The van der Waals surface area contributed by atoms with Gasteiger partial charge in [-0.1, -0.05) is 26.3 Å². The predicted octanol–water partition coefficient (Wildman–Crippen LogP) is 3.00. The first-order chi connectivity index (χ1) is 10.3. The number of carbonyl (C=O) groups excluding carboxylic acids is 2. The Labute approximate surface area is 133 Å². The zero-order chi connectivity index (χ0) is 17.1. The van der Waals surface area contributed by atoms with Gasteiger partial charge in [0.15, 0.2) is 0 Å². The fourth-order valence-electron chi connectivity index (χ4n) is 2.24. The van der Waals surface area contributed by atoms with Crippen molar-refractivity contribution in [2.75, 3.05) is 6.61 Å². The molecule has 0 aromatic rings. The number of ether oxygens (including phenoxy) is 2. The second-order valence-corrected chi connectivity index (χ2v) is 5.55. The summed E-state index contributed by atoms with van der Waals surface area (Å²) in [5.74, 6) is -0.787. The molecule has 0 aliphatic heterocycles. The minimum atomic E-state index is -0.581. The first-order valence-electron chi connectivity index (χ1n) is 8.02. The minimum absolute atomic E-state index is 0.139. The number of rotatable bonds is 10. The van der Waals surface area contributed by atoms with Crippen LogP contribution in [0.4, 0.5) is 0 Å². The lowest BCUT2D eigenvalue weighted by atomic mass is 9.91. The molecule has 1 N–H and O–H groups in total. The van der Waals surface area contributed by atoms with Crippen LogP contribution in [-0.4, -0.2) is 35.9 Å². The van der Waals surface area contributed by atoms with Gasteiger partial charge in [0.25, 0.3) is 0 Å². The standard InChI is InChI=1S/C17H30O5/c1-6-9-16(22-14(5)18)13(4)15(19)11-8-10-12(3)17(20)21-7-2/h10,13,15-16,19H,6-9,11H2,1-5H3/b12-10-/t13-,15+,16+/m1/s1. The molecule has 22 heavy (non-hydrogen) atoms. The van der Waals surface area contributed by atoms with E-state index in [-0.39, 0.29) is 24.0 Å². The molecule has 3 atom stereocenters. The number of allylic oxidation sites excluding steroid dienone is 1.